The topological polar surface area (TPSA) is 46.5 Å². The maximum Gasteiger partial charge on any atom is 0.311 e. The number of carboxylic acid groups (broad SMARTS) is 1. The van der Waals surface area contributed by atoms with Crippen LogP contribution in [0.25, 0.3) is 0 Å². The smallest absolute Gasteiger partial charge is 0.311 e. The maximum absolute atomic E-state index is 11.8. The van der Waals surface area contributed by atoms with E-state index in [4.69, 9.17) is 4.74 Å². The number of hydrogen-bond acceptors (Lipinski definition) is 2. The standard InChI is InChI=1S/C20H24O3/c1-13(2)16-7-5-15(6-8-16)12-19(20(21)22)18-10-9-17(23-4)11-14(18)3/h5-11,13,19H,12H2,1-4H3,(H,21,22). The van der Waals surface area contributed by atoms with Crippen molar-refractivity contribution >= 4 is 5.97 Å². The van der Waals surface area contributed by atoms with Crippen molar-refractivity contribution < 1.29 is 14.6 Å². The second-order valence-corrected chi connectivity index (χ2v) is 6.21. The quantitative estimate of drug-likeness (QED) is 0.852. The van der Waals surface area contributed by atoms with Gasteiger partial charge in [-0.15, -0.1) is 0 Å². The Morgan fingerprint density at radius 3 is 2.26 bits per heavy atom. The van der Waals surface area contributed by atoms with Crippen LogP contribution in [0.5, 0.6) is 5.75 Å². The molecule has 1 N–H and O–H groups in total. The summed E-state index contributed by atoms with van der Waals surface area (Å²) in [5.41, 5.74) is 4.08. The van der Waals surface area contributed by atoms with E-state index < -0.39 is 11.9 Å². The lowest BCUT2D eigenvalue weighted by molar-refractivity contribution is -0.138. The van der Waals surface area contributed by atoms with E-state index in [2.05, 4.69) is 26.0 Å². The molecule has 0 aliphatic carbocycles. The van der Waals surface area contributed by atoms with Crippen molar-refractivity contribution in [3.63, 3.8) is 0 Å². The zero-order valence-electron chi connectivity index (χ0n) is 14.2. The molecule has 23 heavy (non-hydrogen) atoms. The Morgan fingerprint density at radius 2 is 1.78 bits per heavy atom. The number of hydrogen-bond donors (Lipinski definition) is 1. The molecule has 1 unspecified atom stereocenters. The molecular formula is C20H24O3. The van der Waals surface area contributed by atoms with Crippen molar-refractivity contribution in [1.29, 1.82) is 0 Å². The maximum atomic E-state index is 11.8. The summed E-state index contributed by atoms with van der Waals surface area (Å²) in [4.78, 5) is 11.8. The van der Waals surface area contributed by atoms with Gasteiger partial charge in [0.15, 0.2) is 0 Å². The molecule has 0 aromatic heterocycles. The van der Waals surface area contributed by atoms with Crippen LogP contribution in [0.15, 0.2) is 42.5 Å². The highest BCUT2D eigenvalue weighted by atomic mass is 16.5. The molecule has 0 bridgehead atoms. The molecule has 0 heterocycles. The Labute approximate surface area is 137 Å². The number of aryl methyl sites for hydroxylation is 1. The number of aliphatic carboxylic acids is 1. The third-order valence-electron chi connectivity index (χ3n) is 4.24. The lowest BCUT2D eigenvalue weighted by atomic mass is 9.88. The number of benzene rings is 2. The average Bonchev–Trinajstić information content (AvgIpc) is 2.53. The normalized spacial score (nSPS) is 12.2. The van der Waals surface area contributed by atoms with Gasteiger partial charge in [-0.05, 0) is 53.6 Å². The van der Waals surface area contributed by atoms with Crippen molar-refractivity contribution in [2.45, 2.75) is 39.0 Å². The number of rotatable bonds is 6. The van der Waals surface area contributed by atoms with Gasteiger partial charge in [-0.25, -0.2) is 0 Å². The van der Waals surface area contributed by atoms with E-state index in [1.165, 1.54) is 5.56 Å². The fraction of sp³-hybridized carbons (Fsp3) is 0.350. The van der Waals surface area contributed by atoms with Crippen LogP contribution >= 0.6 is 0 Å². The fourth-order valence-electron chi connectivity index (χ4n) is 2.77. The molecule has 2 aromatic carbocycles. The molecule has 0 aliphatic rings. The Kier molecular flexibility index (Phi) is 5.43. The summed E-state index contributed by atoms with van der Waals surface area (Å²) < 4.78 is 5.20. The van der Waals surface area contributed by atoms with Crippen LogP contribution in [-0.4, -0.2) is 18.2 Å². The molecular weight excluding hydrogens is 288 g/mol. The fourth-order valence-corrected chi connectivity index (χ4v) is 2.77. The van der Waals surface area contributed by atoms with Crippen molar-refractivity contribution in [3.8, 4) is 5.75 Å². The van der Waals surface area contributed by atoms with Crippen molar-refractivity contribution in [3.05, 3.63) is 64.7 Å². The molecule has 0 radical (unpaired) electrons. The molecule has 0 saturated carbocycles. The Morgan fingerprint density at radius 1 is 1.13 bits per heavy atom. The molecule has 3 nitrogen and oxygen atoms in total. The van der Waals surface area contributed by atoms with Gasteiger partial charge in [0, 0.05) is 0 Å². The molecule has 3 heteroatoms. The van der Waals surface area contributed by atoms with Crippen molar-refractivity contribution in [2.75, 3.05) is 7.11 Å². The second-order valence-electron chi connectivity index (χ2n) is 6.21. The van der Waals surface area contributed by atoms with Gasteiger partial charge in [0.1, 0.15) is 5.75 Å². The van der Waals surface area contributed by atoms with Crippen LogP contribution in [0.3, 0.4) is 0 Å². The Bertz CT molecular complexity index is 672. The highest BCUT2D eigenvalue weighted by molar-refractivity contribution is 5.77. The second kappa shape index (κ2) is 7.32. The first-order chi connectivity index (χ1) is 10.9. The predicted octanol–water partition coefficient (Wildman–Crippen LogP) is 4.54. The third kappa shape index (κ3) is 4.13. The van der Waals surface area contributed by atoms with Crippen LogP contribution in [-0.2, 0) is 11.2 Å². The summed E-state index contributed by atoms with van der Waals surface area (Å²) in [6, 6.07) is 13.8. The molecule has 2 rings (SSSR count). The van der Waals surface area contributed by atoms with E-state index in [0.29, 0.717) is 12.3 Å². The molecule has 0 aliphatic heterocycles. The van der Waals surface area contributed by atoms with Crippen LogP contribution in [0, 0.1) is 6.92 Å². The highest BCUT2D eigenvalue weighted by Gasteiger charge is 2.22. The molecule has 122 valence electrons. The van der Waals surface area contributed by atoms with Crippen LogP contribution < -0.4 is 4.74 Å². The number of ether oxygens (including phenoxy) is 1. The van der Waals surface area contributed by atoms with Crippen molar-refractivity contribution in [1.82, 2.24) is 0 Å². The first kappa shape index (κ1) is 17.1. The van der Waals surface area contributed by atoms with Gasteiger partial charge < -0.3 is 9.84 Å². The third-order valence-corrected chi connectivity index (χ3v) is 4.24. The average molecular weight is 312 g/mol. The lowest BCUT2D eigenvalue weighted by Gasteiger charge is -2.17. The van der Waals surface area contributed by atoms with Gasteiger partial charge in [-0.3, -0.25) is 4.79 Å². The number of carboxylic acids is 1. The summed E-state index contributed by atoms with van der Waals surface area (Å²) in [6.07, 6.45) is 0.487. The van der Waals surface area contributed by atoms with Crippen LogP contribution in [0.1, 0.15) is 47.9 Å². The first-order valence-electron chi connectivity index (χ1n) is 7.88. The Hall–Kier alpha value is -2.29. The van der Waals surface area contributed by atoms with E-state index in [1.807, 2.05) is 37.3 Å². The predicted molar refractivity (Wildman–Crippen MR) is 92.3 cm³/mol. The minimum atomic E-state index is -0.800. The van der Waals surface area contributed by atoms with Gasteiger partial charge in [0.05, 0.1) is 13.0 Å². The van der Waals surface area contributed by atoms with Gasteiger partial charge in [-0.2, -0.15) is 0 Å². The lowest BCUT2D eigenvalue weighted by Crippen LogP contribution is -2.15. The van der Waals surface area contributed by atoms with Crippen LogP contribution in [0.2, 0.25) is 0 Å². The zero-order chi connectivity index (χ0) is 17.0. The minimum Gasteiger partial charge on any atom is -0.497 e. The van der Waals surface area contributed by atoms with E-state index in [1.54, 1.807) is 7.11 Å². The van der Waals surface area contributed by atoms with E-state index in [0.717, 1.165) is 22.4 Å². The molecule has 1 atom stereocenters. The monoisotopic (exact) mass is 312 g/mol. The summed E-state index contributed by atoms with van der Waals surface area (Å²) in [5.74, 6) is -0.128. The van der Waals surface area contributed by atoms with Gasteiger partial charge in [-0.1, -0.05) is 44.2 Å². The Balaban J connectivity index is 2.27. The molecule has 2 aromatic rings. The van der Waals surface area contributed by atoms with Gasteiger partial charge in [0.25, 0.3) is 0 Å². The van der Waals surface area contributed by atoms with Gasteiger partial charge in [0.2, 0.25) is 0 Å². The van der Waals surface area contributed by atoms with E-state index in [9.17, 15) is 9.90 Å². The van der Waals surface area contributed by atoms with Crippen molar-refractivity contribution in [2.24, 2.45) is 0 Å². The van der Waals surface area contributed by atoms with Gasteiger partial charge >= 0.3 is 5.97 Å². The van der Waals surface area contributed by atoms with E-state index >= 15 is 0 Å². The summed E-state index contributed by atoms with van der Waals surface area (Å²) in [5, 5.41) is 9.65. The summed E-state index contributed by atoms with van der Waals surface area (Å²) in [7, 11) is 1.61. The molecule has 0 amide bonds. The number of carbonyl (C=O) groups is 1. The summed E-state index contributed by atoms with van der Waals surface area (Å²) >= 11 is 0. The summed E-state index contributed by atoms with van der Waals surface area (Å²) in [6.45, 7) is 6.22. The minimum absolute atomic E-state index is 0.475. The van der Waals surface area contributed by atoms with Crippen LogP contribution in [0.4, 0.5) is 0 Å². The zero-order valence-corrected chi connectivity index (χ0v) is 14.2. The van der Waals surface area contributed by atoms with E-state index in [-0.39, 0.29) is 0 Å². The highest BCUT2D eigenvalue weighted by Crippen LogP contribution is 2.28. The first-order valence-corrected chi connectivity index (χ1v) is 7.88. The number of methoxy groups -OCH3 is 1. The molecule has 0 fully saturated rings. The SMILES string of the molecule is COc1ccc(C(Cc2ccc(C(C)C)cc2)C(=O)O)c(C)c1. The molecule has 0 saturated heterocycles. The largest absolute Gasteiger partial charge is 0.497 e. The molecule has 0 spiro atoms.